The van der Waals surface area contributed by atoms with Crippen LogP contribution in [0.15, 0.2) is 0 Å². The average Bonchev–Trinajstić information content (AvgIpc) is 2.06. The maximum atomic E-state index is 11.0. The second-order valence-corrected chi connectivity index (χ2v) is 5.42. The van der Waals surface area contributed by atoms with E-state index in [1.807, 2.05) is 0 Å². The Kier molecular flexibility index (Phi) is 3.91. The zero-order chi connectivity index (χ0) is 9.03. The van der Waals surface area contributed by atoms with Gasteiger partial charge in [0.1, 0.15) is 4.66 Å². The van der Waals surface area contributed by atoms with Crippen LogP contribution >= 0.6 is 15.9 Å². The highest BCUT2D eigenvalue weighted by molar-refractivity contribution is 9.10. The molecule has 0 amide bonds. The minimum atomic E-state index is -3.18. The van der Waals surface area contributed by atoms with Gasteiger partial charge in [-0.1, -0.05) is 15.9 Å². The van der Waals surface area contributed by atoms with E-state index in [9.17, 15) is 8.42 Å². The van der Waals surface area contributed by atoms with Crippen molar-refractivity contribution in [3.05, 3.63) is 0 Å². The summed E-state index contributed by atoms with van der Waals surface area (Å²) in [7, 11) is -3.18. The zero-order valence-electron chi connectivity index (χ0n) is 6.49. The van der Waals surface area contributed by atoms with Gasteiger partial charge in [-0.15, -0.1) is 4.83 Å². The summed E-state index contributed by atoms with van der Waals surface area (Å²) < 4.78 is 27.0. The van der Waals surface area contributed by atoms with Gasteiger partial charge in [-0.05, 0) is 0 Å². The lowest BCUT2D eigenvalue weighted by Crippen LogP contribution is -2.48. The quantitative estimate of drug-likeness (QED) is 0.694. The molecule has 0 aromatic heterocycles. The lowest BCUT2D eigenvalue weighted by atomic mass is 10.5. The maximum Gasteiger partial charge on any atom is 0.234 e. The first-order valence-electron chi connectivity index (χ1n) is 3.53. The van der Waals surface area contributed by atoms with E-state index >= 15 is 0 Å². The van der Waals surface area contributed by atoms with Crippen molar-refractivity contribution in [3.8, 4) is 0 Å². The largest absolute Gasteiger partial charge is 0.379 e. The molecule has 1 aliphatic rings. The van der Waals surface area contributed by atoms with Crippen molar-refractivity contribution in [3.63, 3.8) is 0 Å². The molecule has 1 N–H and O–H groups in total. The fourth-order valence-electron chi connectivity index (χ4n) is 0.876. The Bertz CT molecular complexity index is 225. The number of alkyl halides is 1. The Labute approximate surface area is 80.2 Å². The van der Waals surface area contributed by atoms with Gasteiger partial charge in [0.15, 0.2) is 0 Å². The molecule has 1 fully saturated rings. The van der Waals surface area contributed by atoms with Gasteiger partial charge in [0, 0.05) is 13.1 Å². The van der Waals surface area contributed by atoms with Crippen molar-refractivity contribution in [1.82, 2.24) is 9.84 Å². The first-order chi connectivity index (χ1) is 5.64. The second kappa shape index (κ2) is 4.52. The summed E-state index contributed by atoms with van der Waals surface area (Å²) in [5.74, 6) is 0. The summed E-state index contributed by atoms with van der Waals surface area (Å²) in [5, 5.41) is 1.64. The summed E-state index contributed by atoms with van der Waals surface area (Å²) >= 11 is 2.89. The highest BCUT2D eigenvalue weighted by atomic mass is 79.9. The molecule has 0 bridgehead atoms. The minimum Gasteiger partial charge on any atom is -0.379 e. The van der Waals surface area contributed by atoms with Crippen molar-refractivity contribution in [2.24, 2.45) is 0 Å². The summed E-state index contributed by atoms with van der Waals surface area (Å²) in [6.07, 6.45) is 0. The molecule has 1 aliphatic heterocycles. The van der Waals surface area contributed by atoms with Crippen molar-refractivity contribution >= 4 is 26.0 Å². The lowest BCUT2D eigenvalue weighted by Gasteiger charge is -2.26. The molecule has 0 radical (unpaired) electrons. The summed E-state index contributed by atoms with van der Waals surface area (Å²) in [6.45, 7) is 2.36. The van der Waals surface area contributed by atoms with Crippen LogP contribution in [0, 0.1) is 0 Å². The molecule has 1 saturated heterocycles. The Morgan fingerprint density at radius 3 is 2.50 bits per heavy atom. The normalized spacial score (nSPS) is 21.1. The predicted molar refractivity (Wildman–Crippen MR) is 48.2 cm³/mol. The van der Waals surface area contributed by atoms with E-state index < -0.39 is 10.0 Å². The molecular weight excluding hydrogens is 248 g/mol. The molecule has 0 aromatic rings. The predicted octanol–water partition coefficient (Wildman–Crippen LogP) is -0.495. The highest BCUT2D eigenvalue weighted by Gasteiger charge is 2.16. The molecule has 0 unspecified atom stereocenters. The van der Waals surface area contributed by atoms with E-state index in [0.29, 0.717) is 26.3 Å². The fraction of sp³-hybridized carbons (Fsp3) is 1.00. The van der Waals surface area contributed by atoms with E-state index in [4.69, 9.17) is 4.74 Å². The number of morpholine rings is 1. The Hall–Kier alpha value is 0.310. The monoisotopic (exact) mass is 258 g/mol. The van der Waals surface area contributed by atoms with Gasteiger partial charge in [-0.2, -0.15) is 0 Å². The Balaban J connectivity index is 2.39. The maximum absolute atomic E-state index is 11.0. The third kappa shape index (κ3) is 3.36. The molecule has 1 heterocycles. The lowest BCUT2D eigenvalue weighted by molar-refractivity contribution is 0.0273. The van der Waals surface area contributed by atoms with Gasteiger partial charge in [0.2, 0.25) is 10.0 Å². The molecule has 12 heavy (non-hydrogen) atoms. The highest BCUT2D eigenvalue weighted by Crippen LogP contribution is 1.97. The molecule has 0 aromatic carbocycles. The number of rotatable bonds is 3. The smallest absolute Gasteiger partial charge is 0.234 e. The van der Waals surface area contributed by atoms with Crippen LogP contribution in [0.3, 0.4) is 0 Å². The molecule has 0 saturated carbocycles. The van der Waals surface area contributed by atoms with Crippen molar-refractivity contribution < 1.29 is 13.2 Å². The van der Waals surface area contributed by atoms with Crippen molar-refractivity contribution in [1.29, 1.82) is 0 Å². The molecule has 7 heteroatoms. The molecule has 0 atom stereocenters. The Morgan fingerprint density at radius 2 is 2.00 bits per heavy atom. The number of halogens is 1. The molecule has 0 aliphatic carbocycles. The van der Waals surface area contributed by atoms with Gasteiger partial charge in [0.05, 0.1) is 13.2 Å². The summed E-state index contributed by atoms with van der Waals surface area (Å²) in [4.78, 5) is 2.42. The number of ether oxygens (including phenoxy) is 1. The van der Waals surface area contributed by atoms with Gasteiger partial charge in [0.25, 0.3) is 0 Å². The van der Waals surface area contributed by atoms with Gasteiger partial charge < -0.3 is 4.74 Å². The summed E-state index contributed by atoms with van der Waals surface area (Å²) in [6, 6.07) is 0. The number of nitrogens with zero attached hydrogens (tertiary/aromatic N) is 1. The minimum absolute atomic E-state index is 0.0721. The van der Waals surface area contributed by atoms with Crippen LogP contribution in [-0.2, 0) is 14.8 Å². The third-order valence-corrected chi connectivity index (χ3v) is 4.05. The number of sulfonamides is 1. The van der Waals surface area contributed by atoms with Gasteiger partial charge in [-0.25, -0.2) is 13.4 Å². The molecule has 0 spiro atoms. The number of hydrogen-bond acceptors (Lipinski definition) is 4. The van der Waals surface area contributed by atoms with E-state index in [1.165, 1.54) is 0 Å². The topological polar surface area (TPSA) is 58.6 Å². The molecule has 72 valence electrons. The number of nitrogens with one attached hydrogen (secondary N) is 1. The van der Waals surface area contributed by atoms with Gasteiger partial charge in [-0.3, -0.25) is 0 Å². The summed E-state index contributed by atoms with van der Waals surface area (Å²) in [5.41, 5.74) is 0. The molecule has 5 nitrogen and oxygen atoms in total. The van der Waals surface area contributed by atoms with Crippen LogP contribution in [-0.4, -0.2) is 44.4 Å². The van der Waals surface area contributed by atoms with Crippen LogP contribution in [0.1, 0.15) is 0 Å². The van der Waals surface area contributed by atoms with Crippen LogP contribution in [0.4, 0.5) is 0 Å². The first kappa shape index (κ1) is 10.4. The number of hydrazine groups is 1. The van der Waals surface area contributed by atoms with E-state index in [2.05, 4.69) is 20.8 Å². The SMILES string of the molecule is O=S(=O)(CBr)NN1CCOCC1. The van der Waals surface area contributed by atoms with Crippen LogP contribution in [0.25, 0.3) is 0 Å². The van der Waals surface area contributed by atoms with Crippen LogP contribution < -0.4 is 4.83 Å². The second-order valence-electron chi connectivity index (χ2n) is 2.41. The Morgan fingerprint density at radius 1 is 1.42 bits per heavy atom. The fourth-order valence-corrected chi connectivity index (χ4v) is 1.81. The first-order valence-corrected chi connectivity index (χ1v) is 6.30. The van der Waals surface area contributed by atoms with E-state index in [-0.39, 0.29) is 4.66 Å². The molecular formula is C5H11BrN2O3S. The van der Waals surface area contributed by atoms with E-state index in [1.54, 1.807) is 5.01 Å². The van der Waals surface area contributed by atoms with Crippen molar-refractivity contribution in [2.75, 3.05) is 31.0 Å². The third-order valence-electron chi connectivity index (χ3n) is 1.42. The zero-order valence-corrected chi connectivity index (χ0v) is 8.90. The van der Waals surface area contributed by atoms with Gasteiger partial charge >= 0.3 is 0 Å². The molecule has 1 rings (SSSR count). The standard InChI is InChI=1S/C5H11BrN2O3S/c6-5-12(9,10)7-8-1-3-11-4-2-8/h7H,1-5H2. The van der Waals surface area contributed by atoms with E-state index in [0.717, 1.165) is 0 Å². The van der Waals surface area contributed by atoms with Crippen LogP contribution in [0.5, 0.6) is 0 Å². The van der Waals surface area contributed by atoms with Crippen LogP contribution in [0.2, 0.25) is 0 Å². The number of hydrogen-bond donors (Lipinski definition) is 1. The average molecular weight is 259 g/mol. The van der Waals surface area contributed by atoms with Crippen molar-refractivity contribution in [2.45, 2.75) is 0 Å².